The van der Waals surface area contributed by atoms with Gasteiger partial charge in [-0.05, 0) is 198 Å². The first-order valence-electron chi connectivity index (χ1n) is 37.6. The van der Waals surface area contributed by atoms with Crippen molar-refractivity contribution >= 4 is 113 Å². The second-order valence-corrected chi connectivity index (χ2v) is 25.9. The van der Waals surface area contributed by atoms with Crippen LogP contribution in [0.2, 0.25) is 0 Å². The van der Waals surface area contributed by atoms with Crippen LogP contribution in [0.5, 0.6) is 0 Å². The number of aryl methyl sites for hydroxylation is 2. The SMILES string of the molecule is C.C.CC.CC.CC.CC.CC.CC.CC.CC.COP(=O)(Cc1cc(Br)c2cc(C#N)ccc2c1)OC.Cc1cc(/C=C/c2ccccc2)cc2ccc(C#N)cc12.Cc1cc(C2CC2c2ccccc2)cc2ccc(C#N)cc12.N#Cc1ccc2cc(/C=C/c3ccccc3)cc(Br)c2c1.O=Cc1ccccc1. The maximum atomic E-state index is 12.2. The minimum Gasteiger partial charge on any atom is -0.312 e. The minimum atomic E-state index is -3.09. The van der Waals surface area contributed by atoms with Crippen molar-refractivity contribution in [3.63, 3.8) is 0 Å². The molecule has 578 valence electrons. The number of fused-ring (bicyclic) bond motifs is 4. The van der Waals surface area contributed by atoms with Gasteiger partial charge in [0.2, 0.25) is 0 Å². The average Bonchev–Trinajstić information content (AvgIpc) is 1.60. The Balaban J connectivity index is 0. The highest BCUT2D eigenvalue weighted by atomic mass is 79.9. The first kappa shape index (κ1) is 102. The lowest BCUT2D eigenvalue weighted by Crippen LogP contribution is -1.94. The van der Waals surface area contributed by atoms with Gasteiger partial charge in [-0.25, -0.2) is 0 Å². The molecule has 0 radical (unpaired) electrons. The second kappa shape index (κ2) is 58.9. The van der Waals surface area contributed by atoms with Gasteiger partial charge in [0.05, 0.1) is 52.7 Å². The van der Waals surface area contributed by atoms with Crippen molar-refractivity contribution in [3.05, 3.63) is 329 Å². The predicted molar refractivity (Wildman–Crippen MR) is 488 cm³/mol. The van der Waals surface area contributed by atoms with Crippen LogP contribution in [0.1, 0.15) is 227 Å². The van der Waals surface area contributed by atoms with Gasteiger partial charge in [-0.15, -0.1) is 0 Å². The molecule has 2 unspecified atom stereocenters. The molecule has 8 nitrogen and oxygen atoms in total. The average molecular weight is 1620 g/mol. The molecule has 1 fully saturated rings. The Kier molecular flexibility index (Phi) is 54.6. The Morgan fingerprint density at radius 1 is 0.364 bits per heavy atom. The summed E-state index contributed by atoms with van der Waals surface area (Å²) in [5, 5.41) is 44.8. The van der Waals surface area contributed by atoms with Gasteiger partial charge >= 0.3 is 7.60 Å². The number of carbonyl (C=O) groups is 1. The lowest BCUT2D eigenvalue weighted by molar-refractivity contribution is 0.112. The van der Waals surface area contributed by atoms with E-state index in [0.717, 1.165) is 64.4 Å². The van der Waals surface area contributed by atoms with E-state index in [9.17, 15) is 9.36 Å². The van der Waals surface area contributed by atoms with Crippen molar-refractivity contribution in [1.82, 2.24) is 0 Å². The smallest absolute Gasteiger partial charge is 0.312 e. The standard InChI is InChI=1S/C21H17N.C20H15N.C19H12BrN.C14H13BrNO3P.C7H6O.8C2H6.2CH4/c1-14-9-18(11-17-8-7-15(13-22)10-19(14)17)21-12-20(21)16-5-3-2-4-6-16;1-15-11-17(8-7-16-5-3-2-4-6-16)12-19-10-9-18(14-21)13-20(15)19;20-19-12-15(7-6-14-4-2-1-3-5-14)10-17-9-8-16(13-21)11-18(17)19;1-18-20(17,19-2)9-11-5-12-4-3-10(8-16)6-13(12)14(15)7-11;8-6-7-4-2-1-3-5-7;8*1-2;;/h2-11,20-21H,12H2,1H3;2-13H,1H3;1-12H;3-7H,9H2,1-2H3;1-6H;8*1-2H3;2*1H4/b;8-7+;7-6+;;;;;;;;;;;;. The molecule has 110 heavy (non-hydrogen) atoms. The molecule has 12 aromatic rings. The van der Waals surface area contributed by atoms with Gasteiger partial charge in [0.15, 0.2) is 0 Å². The number of carbonyl (C=O) groups excluding carboxylic acids is 1. The normalized spacial score (nSPS) is 11.3. The van der Waals surface area contributed by atoms with Gasteiger partial charge in [-0.3, -0.25) is 9.36 Å². The molecule has 13 rings (SSSR count). The van der Waals surface area contributed by atoms with E-state index in [0.29, 0.717) is 28.5 Å². The largest absolute Gasteiger partial charge is 0.334 e. The molecule has 0 heterocycles. The number of hydrogen-bond acceptors (Lipinski definition) is 8. The lowest BCUT2D eigenvalue weighted by Gasteiger charge is -2.14. The van der Waals surface area contributed by atoms with Gasteiger partial charge in [0.25, 0.3) is 0 Å². The molecule has 0 aliphatic heterocycles. The maximum Gasteiger partial charge on any atom is 0.334 e. The third-order valence-electron chi connectivity index (χ3n) is 15.6. The summed E-state index contributed by atoms with van der Waals surface area (Å²) < 4.78 is 23.9. The summed E-state index contributed by atoms with van der Waals surface area (Å²) in [6.07, 6.45) is 10.7. The van der Waals surface area contributed by atoms with E-state index in [-0.39, 0.29) is 21.0 Å². The minimum absolute atomic E-state index is 0. The lowest BCUT2D eigenvalue weighted by atomic mass is 9.96. The fourth-order valence-corrected chi connectivity index (χ4v) is 13.0. The summed E-state index contributed by atoms with van der Waals surface area (Å²) in [7, 11) is -0.340. The van der Waals surface area contributed by atoms with E-state index >= 15 is 0 Å². The molecule has 0 spiro atoms. The molecular formula is C99H119Br2N4O4P. The Morgan fingerprint density at radius 3 is 1.05 bits per heavy atom. The van der Waals surface area contributed by atoms with E-state index in [4.69, 9.17) is 30.1 Å². The van der Waals surface area contributed by atoms with Crippen LogP contribution in [0.3, 0.4) is 0 Å². The summed E-state index contributed by atoms with van der Waals surface area (Å²) in [4.78, 5) is 10.0. The summed E-state index contributed by atoms with van der Waals surface area (Å²) in [6, 6.07) is 89.0. The first-order chi connectivity index (χ1) is 52.7. The van der Waals surface area contributed by atoms with E-state index in [1.54, 1.807) is 18.2 Å². The van der Waals surface area contributed by atoms with Crippen molar-refractivity contribution in [3.8, 4) is 24.3 Å². The van der Waals surface area contributed by atoms with Crippen LogP contribution in [-0.4, -0.2) is 20.5 Å². The van der Waals surface area contributed by atoms with Gasteiger partial charge in [-0.2, -0.15) is 21.0 Å². The number of benzene rings is 12. The number of nitriles is 4. The Morgan fingerprint density at radius 2 is 0.673 bits per heavy atom. The molecule has 0 saturated heterocycles. The van der Waals surface area contributed by atoms with Crippen LogP contribution >= 0.6 is 39.5 Å². The molecule has 0 bridgehead atoms. The van der Waals surface area contributed by atoms with Crippen LogP contribution in [0.4, 0.5) is 0 Å². The van der Waals surface area contributed by atoms with Crippen LogP contribution in [-0.2, 0) is 19.8 Å². The van der Waals surface area contributed by atoms with E-state index in [1.807, 2.05) is 238 Å². The zero-order valence-corrected chi connectivity index (χ0v) is 71.2. The molecule has 0 aromatic heterocycles. The second-order valence-electron chi connectivity index (χ2n) is 22.0. The third kappa shape index (κ3) is 33.0. The Hall–Kier alpha value is -10.1. The van der Waals surface area contributed by atoms with Crippen LogP contribution in [0.15, 0.2) is 252 Å². The van der Waals surface area contributed by atoms with Crippen molar-refractivity contribution in [2.24, 2.45) is 0 Å². The number of rotatable bonds is 11. The number of aldehydes is 1. The summed E-state index contributed by atoms with van der Waals surface area (Å²) >= 11 is 7.08. The molecule has 0 amide bonds. The Labute approximate surface area is 679 Å². The van der Waals surface area contributed by atoms with Crippen LogP contribution in [0.25, 0.3) is 67.4 Å². The van der Waals surface area contributed by atoms with Crippen molar-refractivity contribution < 1.29 is 18.4 Å². The summed E-state index contributed by atoms with van der Waals surface area (Å²) in [5.41, 5.74) is 14.3. The van der Waals surface area contributed by atoms with Gasteiger partial charge < -0.3 is 9.05 Å². The third-order valence-corrected chi connectivity index (χ3v) is 18.8. The molecule has 1 aliphatic rings. The van der Waals surface area contributed by atoms with Crippen molar-refractivity contribution in [2.75, 3.05) is 14.2 Å². The van der Waals surface area contributed by atoms with E-state index in [2.05, 4.69) is 191 Å². The highest BCUT2D eigenvalue weighted by molar-refractivity contribution is 9.11. The number of hydrogen-bond donors (Lipinski definition) is 0. The molecular weight excluding hydrogens is 1500 g/mol. The van der Waals surface area contributed by atoms with Gasteiger partial charge in [0.1, 0.15) is 6.29 Å². The highest BCUT2D eigenvalue weighted by Crippen LogP contribution is 2.55. The molecule has 0 N–H and O–H groups in total. The summed E-state index contributed by atoms with van der Waals surface area (Å²) in [6.45, 7) is 36.2. The fraction of sp³-hybridized carbons (Fsp3) is 0.263. The van der Waals surface area contributed by atoms with Crippen molar-refractivity contribution in [1.29, 1.82) is 21.0 Å². The zero-order valence-electron chi connectivity index (χ0n) is 67.2. The molecule has 1 aliphatic carbocycles. The molecule has 2 atom stereocenters. The van der Waals surface area contributed by atoms with E-state index in [1.165, 1.54) is 75.7 Å². The number of halogens is 2. The quantitative estimate of drug-likeness (QED) is 0.0706. The zero-order chi connectivity index (χ0) is 81.0. The van der Waals surface area contributed by atoms with E-state index < -0.39 is 7.60 Å². The molecule has 12 aromatic carbocycles. The number of nitrogens with zero attached hydrogens (tertiary/aromatic N) is 4. The summed E-state index contributed by atoms with van der Waals surface area (Å²) in [5.74, 6) is 1.30. The van der Waals surface area contributed by atoms with Crippen LogP contribution < -0.4 is 0 Å². The van der Waals surface area contributed by atoms with Crippen LogP contribution in [0, 0.1) is 59.2 Å². The van der Waals surface area contributed by atoms with Gasteiger partial charge in [0, 0.05) is 28.7 Å². The van der Waals surface area contributed by atoms with Crippen molar-refractivity contribution in [2.45, 2.75) is 164 Å². The Bertz CT molecular complexity index is 4740. The topological polar surface area (TPSA) is 148 Å². The fourth-order valence-electron chi connectivity index (χ4n) is 10.7. The molecule has 11 heteroatoms. The molecule has 1 saturated carbocycles. The monoisotopic (exact) mass is 1620 g/mol. The maximum absolute atomic E-state index is 12.2. The van der Waals surface area contributed by atoms with Gasteiger partial charge in [-0.1, -0.05) is 352 Å². The first-order valence-corrected chi connectivity index (χ1v) is 40.9. The highest BCUT2D eigenvalue weighted by Gasteiger charge is 2.39. The predicted octanol–water partition coefficient (Wildman–Crippen LogP) is 31.6.